The van der Waals surface area contributed by atoms with Crippen molar-refractivity contribution in [2.45, 2.75) is 0 Å². The lowest BCUT2D eigenvalue weighted by Gasteiger charge is -2.20. The highest BCUT2D eigenvalue weighted by molar-refractivity contribution is 6.16. The predicted molar refractivity (Wildman–Crippen MR) is 568 cm³/mol. The summed E-state index contributed by atoms with van der Waals surface area (Å²) in [6, 6.07) is 182. The Morgan fingerprint density at radius 1 is 0.135 bits per heavy atom. The van der Waals surface area contributed by atoms with Crippen molar-refractivity contribution in [1.29, 1.82) is 0 Å². The SMILES string of the molecule is CN(c1ccccc1)c1ccc(-n2c3ccc(-c4ccc5ccccc5c4)cc3c3cc(-c4ccc5ccccc5c4)ccc32)cc1.CN(c1ccccc1)c1ccc(-n2c3ccc(-c4cccc5ccccc45)cc3c3cc(-c4cccc5ccccc45)ccc32)cc1.CN(c1ccccc1)c1ccc(-n2c3ccc(-c4ccccc4)cc3c3cc(-c4ccccc4)ccc32)cc1. The van der Waals surface area contributed by atoms with E-state index in [0.29, 0.717) is 0 Å². The van der Waals surface area contributed by atoms with Gasteiger partial charge < -0.3 is 28.4 Å². The van der Waals surface area contributed by atoms with Gasteiger partial charge in [0.1, 0.15) is 0 Å². The second-order valence-electron chi connectivity index (χ2n) is 34.5. The summed E-state index contributed by atoms with van der Waals surface area (Å²) in [4.78, 5) is 6.66. The highest BCUT2D eigenvalue weighted by Gasteiger charge is 2.22. The van der Waals surface area contributed by atoms with E-state index in [0.717, 1.165) is 34.1 Å². The molecular weight excluding hydrogens is 1610 g/mol. The van der Waals surface area contributed by atoms with Crippen molar-refractivity contribution in [3.05, 3.63) is 504 Å². The molecular formula is C127H92N6. The fourth-order valence-electron chi connectivity index (χ4n) is 19.8. The fourth-order valence-corrected chi connectivity index (χ4v) is 19.8. The molecule has 0 amide bonds. The van der Waals surface area contributed by atoms with Crippen LogP contribution in [0.3, 0.4) is 0 Å². The van der Waals surface area contributed by atoms with Crippen molar-refractivity contribution >= 4 is 143 Å². The Morgan fingerprint density at radius 3 is 0.662 bits per heavy atom. The Bertz CT molecular complexity index is 8260. The van der Waals surface area contributed by atoms with Crippen molar-refractivity contribution in [3.8, 4) is 83.8 Å². The Labute approximate surface area is 774 Å². The molecule has 3 aromatic heterocycles. The number of benzene rings is 22. The molecule has 0 bridgehead atoms. The first-order valence-electron chi connectivity index (χ1n) is 45.7. The van der Waals surface area contributed by atoms with Crippen LogP contribution >= 0.6 is 0 Å². The van der Waals surface area contributed by atoms with Gasteiger partial charge in [-0.15, -0.1) is 0 Å². The zero-order valence-electron chi connectivity index (χ0n) is 74.1. The number of anilines is 6. The highest BCUT2D eigenvalue weighted by atomic mass is 15.1. The lowest BCUT2D eigenvalue weighted by atomic mass is 9.95. The molecule has 0 fully saturated rings. The maximum Gasteiger partial charge on any atom is 0.0541 e. The number of nitrogens with zero attached hydrogens (tertiary/aromatic N) is 6. The molecule has 0 N–H and O–H groups in total. The van der Waals surface area contributed by atoms with Crippen LogP contribution in [0.25, 0.3) is 192 Å². The maximum absolute atomic E-state index is 2.41. The van der Waals surface area contributed by atoms with Gasteiger partial charge in [0.2, 0.25) is 0 Å². The van der Waals surface area contributed by atoms with Crippen molar-refractivity contribution in [2.24, 2.45) is 0 Å². The van der Waals surface area contributed by atoms with Gasteiger partial charge in [-0.3, -0.25) is 0 Å². The Morgan fingerprint density at radius 2 is 0.353 bits per heavy atom. The molecule has 6 nitrogen and oxygen atoms in total. The van der Waals surface area contributed by atoms with Crippen LogP contribution in [-0.2, 0) is 0 Å². The Balaban J connectivity index is 0.000000114. The first kappa shape index (κ1) is 80.3. The second-order valence-corrected chi connectivity index (χ2v) is 34.5. The lowest BCUT2D eigenvalue weighted by Crippen LogP contribution is -2.09. The molecule has 0 aliphatic carbocycles. The summed E-state index contributed by atoms with van der Waals surface area (Å²) < 4.78 is 7.21. The highest BCUT2D eigenvalue weighted by Crippen LogP contribution is 2.45. The molecule has 22 aromatic carbocycles. The van der Waals surface area contributed by atoms with Gasteiger partial charge in [0.15, 0.2) is 0 Å². The average molecular weight is 1700 g/mol. The number of fused-ring (bicyclic) bond motifs is 13. The summed E-state index contributed by atoms with van der Waals surface area (Å²) >= 11 is 0. The van der Waals surface area contributed by atoms with Gasteiger partial charge in [-0.1, -0.05) is 309 Å². The zero-order chi connectivity index (χ0) is 88.8. The molecule has 0 saturated heterocycles. The van der Waals surface area contributed by atoms with Gasteiger partial charge in [0.25, 0.3) is 0 Å². The second kappa shape index (κ2) is 34.7. The van der Waals surface area contributed by atoms with E-state index in [9.17, 15) is 0 Å². The minimum Gasteiger partial charge on any atom is -0.345 e. The van der Waals surface area contributed by atoms with Gasteiger partial charge in [-0.25, -0.2) is 0 Å². The summed E-state index contributed by atoms with van der Waals surface area (Å²) in [5, 5.41) is 17.6. The molecule has 0 saturated carbocycles. The lowest BCUT2D eigenvalue weighted by molar-refractivity contribution is 1.16. The third-order valence-electron chi connectivity index (χ3n) is 26.8. The number of rotatable bonds is 15. The van der Waals surface area contributed by atoms with E-state index in [1.807, 2.05) is 0 Å². The zero-order valence-corrected chi connectivity index (χ0v) is 74.1. The van der Waals surface area contributed by atoms with Gasteiger partial charge in [0, 0.05) is 105 Å². The quantitative estimate of drug-likeness (QED) is 0.102. The molecule has 0 aliphatic heterocycles. The largest absolute Gasteiger partial charge is 0.345 e. The summed E-state index contributed by atoms with van der Waals surface area (Å²) in [6.07, 6.45) is 0. The van der Waals surface area contributed by atoms with E-state index in [-0.39, 0.29) is 0 Å². The van der Waals surface area contributed by atoms with Gasteiger partial charge >= 0.3 is 0 Å². The van der Waals surface area contributed by atoms with Crippen LogP contribution in [0, 0.1) is 0 Å². The molecule has 0 spiro atoms. The Hall–Kier alpha value is -17.3. The molecule has 3 heterocycles. The summed E-state index contributed by atoms with van der Waals surface area (Å²) in [6.45, 7) is 0. The third-order valence-corrected chi connectivity index (χ3v) is 26.8. The van der Waals surface area contributed by atoms with Crippen LogP contribution in [0.1, 0.15) is 0 Å². The van der Waals surface area contributed by atoms with Crippen LogP contribution in [0.4, 0.5) is 34.1 Å². The number of aromatic nitrogens is 3. The summed E-state index contributed by atoms with van der Waals surface area (Å²) in [5.74, 6) is 0. The topological polar surface area (TPSA) is 24.5 Å². The molecule has 25 rings (SSSR count). The first-order chi connectivity index (χ1) is 65.7. The minimum atomic E-state index is 1.14. The molecule has 133 heavy (non-hydrogen) atoms. The minimum absolute atomic E-state index is 1.14. The number of para-hydroxylation sites is 3. The standard InChI is InChI=1S/2C45H32N2.C37H28N2/c1-46(35-15-3-2-4-16-35)36-23-25-37(26-24-36)47-44-27-21-33(40-19-9-13-31-11-5-7-17-38(31)40)29-42(44)43-30-34(22-28-45(43)47)41-20-10-14-32-12-6-8-18-39(32)41;1-46(39-13-3-2-4-14-39)40-21-23-41(24-22-40)47-44-25-19-37(35-17-15-31-9-5-7-11-33(31)27-35)29-42(44)43-30-38(20-26-45(43)47)36-18-16-32-10-6-8-12-34(32)28-36;1-38(31-15-9-4-10-16-31)32-19-21-33(22-20-32)39-36-23-17-29(27-11-5-2-6-12-27)25-34(36)35-26-30(18-24-37(35)39)28-13-7-3-8-14-28/h2*2-30H,1H3;2-26H,1H3. The first-order valence-corrected chi connectivity index (χ1v) is 45.7. The smallest absolute Gasteiger partial charge is 0.0541 e. The van der Waals surface area contributed by atoms with Gasteiger partial charge in [-0.2, -0.15) is 0 Å². The third kappa shape index (κ3) is 15.3. The molecule has 630 valence electrons. The van der Waals surface area contributed by atoms with Crippen LogP contribution in [0.5, 0.6) is 0 Å². The van der Waals surface area contributed by atoms with Crippen LogP contribution in [0.2, 0.25) is 0 Å². The van der Waals surface area contributed by atoms with E-state index in [4.69, 9.17) is 0 Å². The average Bonchev–Trinajstić information content (AvgIpc) is 1.59. The van der Waals surface area contributed by atoms with E-state index in [1.165, 1.54) is 192 Å². The monoisotopic (exact) mass is 1700 g/mol. The summed E-state index contributed by atoms with van der Waals surface area (Å²) in [7, 11) is 6.35. The van der Waals surface area contributed by atoms with Gasteiger partial charge in [-0.05, 0) is 304 Å². The number of hydrogen-bond donors (Lipinski definition) is 0. The van der Waals surface area contributed by atoms with Crippen LogP contribution in [0.15, 0.2) is 504 Å². The van der Waals surface area contributed by atoms with E-state index >= 15 is 0 Å². The van der Waals surface area contributed by atoms with Crippen molar-refractivity contribution in [1.82, 2.24) is 13.7 Å². The molecule has 0 atom stereocenters. The molecule has 0 aliphatic rings. The van der Waals surface area contributed by atoms with E-state index in [2.05, 4.69) is 553 Å². The van der Waals surface area contributed by atoms with Crippen molar-refractivity contribution in [3.63, 3.8) is 0 Å². The van der Waals surface area contributed by atoms with E-state index in [1.54, 1.807) is 0 Å². The van der Waals surface area contributed by atoms with E-state index < -0.39 is 0 Å². The van der Waals surface area contributed by atoms with Gasteiger partial charge in [0.05, 0.1) is 33.1 Å². The Kier molecular flexibility index (Phi) is 20.9. The fraction of sp³-hybridized carbons (Fsp3) is 0.0236. The molecule has 6 heteroatoms. The normalized spacial score (nSPS) is 11.4. The van der Waals surface area contributed by atoms with Crippen molar-refractivity contribution < 1.29 is 0 Å². The number of hydrogen-bond acceptors (Lipinski definition) is 3. The molecule has 0 radical (unpaired) electrons. The molecule has 25 aromatic rings. The predicted octanol–water partition coefficient (Wildman–Crippen LogP) is 34.3. The van der Waals surface area contributed by atoms with Crippen LogP contribution < -0.4 is 14.7 Å². The molecule has 0 unspecified atom stereocenters. The maximum atomic E-state index is 2.41. The van der Waals surface area contributed by atoms with Crippen molar-refractivity contribution in [2.75, 3.05) is 35.8 Å². The summed E-state index contributed by atoms with van der Waals surface area (Å²) in [5.41, 5.74) is 32.4. The van der Waals surface area contributed by atoms with Crippen LogP contribution in [-0.4, -0.2) is 34.8 Å².